The molecule has 8 nitrogen and oxygen atoms in total. The lowest BCUT2D eigenvalue weighted by Gasteiger charge is -2.32. The van der Waals surface area contributed by atoms with Crippen LogP contribution in [0.4, 0.5) is 13.2 Å². The van der Waals surface area contributed by atoms with Crippen LogP contribution in [0.15, 0.2) is 35.3 Å². The number of nitrogens with one attached hydrogen (secondary N) is 3. The first-order chi connectivity index (χ1) is 13.6. The first-order valence-electron chi connectivity index (χ1n) is 9.02. The number of halogens is 3. The molecule has 1 aromatic rings. The van der Waals surface area contributed by atoms with Gasteiger partial charge in [-0.25, -0.2) is 8.42 Å². The molecule has 162 valence electrons. The second kappa shape index (κ2) is 9.92. The van der Waals surface area contributed by atoms with Crippen LogP contribution in [0.3, 0.4) is 0 Å². The average Bonchev–Trinajstić information content (AvgIpc) is 2.70. The van der Waals surface area contributed by atoms with Crippen molar-refractivity contribution in [2.45, 2.75) is 24.4 Å². The highest BCUT2D eigenvalue weighted by Gasteiger charge is 2.50. The summed E-state index contributed by atoms with van der Waals surface area (Å²) in [6, 6.07) is 8.55. The minimum atomic E-state index is -5.29. The van der Waals surface area contributed by atoms with Crippen LogP contribution in [0, 0.1) is 0 Å². The summed E-state index contributed by atoms with van der Waals surface area (Å²) < 4.78 is 61.2. The zero-order chi connectivity index (χ0) is 21.5. The molecule has 0 spiro atoms. The van der Waals surface area contributed by atoms with Gasteiger partial charge in [0.15, 0.2) is 5.96 Å². The Morgan fingerprint density at radius 3 is 2.28 bits per heavy atom. The lowest BCUT2D eigenvalue weighted by Crippen LogP contribution is -2.52. The Morgan fingerprint density at radius 2 is 1.72 bits per heavy atom. The molecular weight excluding hydrogens is 411 g/mol. The van der Waals surface area contributed by atoms with E-state index in [4.69, 9.17) is 0 Å². The van der Waals surface area contributed by atoms with E-state index in [9.17, 15) is 26.4 Å². The van der Waals surface area contributed by atoms with Crippen LogP contribution in [0.25, 0.3) is 0 Å². The molecule has 1 saturated heterocycles. The number of carbonyl (C=O) groups excluding carboxylic acids is 1. The fourth-order valence-electron chi connectivity index (χ4n) is 2.82. The second-order valence-electron chi connectivity index (χ2n) is 6.39. The monoisotopic (exact) mass is 435 g/mol. The van der Waals surface area contributed by atoms with Gasteiger partial charge in [-0.3, -0.25) is 9.79 Å². The van der Waals surface area contributed by atoms with Crippen LogP contribution < -0.4 is 16.0 Å². The van der Waals surface area contributed by atoms with Crippen LogP contribution >= 0.6 is 0 Å². The molecule has 0 unspecified atom stereocenters. The number of guanidine groups is 1. The van der Waals surface area contributed by atoms with Crippen molar-refractivity contribution >= 4 is 21.9 Å². The molecule has 0 radical (unpaired) electrons. The van der Waals surface area contributed by atoms with Gasteiger partial charge in [0.25, 0.3) is 5.91 Å². The fraction of sp³-hybridized carbons (Fsp3) is 0.529. The molecule has 0 saturated carbocycles. The number of piperidine rings is 1. The number of aliphatic imine (C=N–C) groups is 1. The standard InChI is InChI=1S/C17H24F3N5O3S/c1-21-16(23-10-9-22-15(26)13-5-3-2-4-6-13)24-14-7-11-25(12-8-14)29(27,28)17(18,19)20/h2-6,14H,7-12H2,1H3,(H,22,26)(H2,21,23,24). The Balaban J connectivity index is 1.72. The van der Waals surface area contributed by atoms with Crippen LogP contribution in [-0.2, 0) is 10.0 Å². The molecule has 0 atom stereocenters. The highest BCUT2D eigenvalue weighted by molar-refractivity contribution is 7.90. The maximum absolute atomic E-state index is 12.6. The molecule has 29 heavy (non-hydrogen) atoms. The van der Waals surface area contributed by atoms with Crippen molar-refractivity contribution < 1.29 is 26.4 Å². The minimum Gasteiger partial charge on any atom is -0.355 e. The van der Waals surface area contributed by atoms with Crippen molar-refractivity contribution in [1.29, 1.82) is 0 Å². The summed E-state index contributed by atoms with van der Waals surface area (Å²) in [6.07, 6.45) is 0.446. The topological polar surface area (TPSA) is 103 Å². The van der Waals surface area contributed by atoms with Crippen LogP contribution in [-0.4, -0.2) is 69.4 Å². The normalized spacial score (nSPS) is 17.0. The lowest BCUT2D eigenvalue weighted by atomic mass is 10.1. The number of alkyl halides is 3. The van der Waals surface area contributed by atoms with E-state index in [2.05, 4.69) is 20.9 Å². The number of nitrogens with zero attached hydrogens (tertiary/aromatic N) is 2. The van der Waals surface area contributed by atoms with E-state index in [0.717, 1.165) is 0 Å². The molecule has 1 amide bonds. The van der Waals surface area contributed by atoms with Crippen molar-refractivity contribution in [2.75, 3.05) is 33.2 Å². The highest BCUT2D eigenvalue weighted by atomic mass is 32.2. The van der Waals surface area contributed by atoms with E-state index in [1.54, 1.807) is 31.3 Å². The summed E-state index contributed by atoms with van der Waals surface area (Å²) in [4.78, 5) is 16.0. The van der Waals surface area contributed by atoms with Gasteiger partial charge in [0.05, 0.1) is 0 Å². The van der Waals surface area contributed by atoms with Gasteiger partial charge in [0, 0.05) is 44.8 Å². The van der Waals surface area contributed by atoms with Gasteiger partial charge in [-0.1, -0.05) is 18.2 Å². The smallest absolute Gasteiger partial charge is 0.355 e. The number of hydrogen-bond acceptors (Lipinski definition) is 4. The number of carbonyl (C=O) groups is 1. The number of rotatable bonds is 6. The molecule has 1 aromatic carbocycles. The number of hydrogen-bond donors (Lipinski definition) is 3. The van der Waals surface area contributed by atoms with E-state index >= 15 is 0 Å². The molecule has 3 N–H and O–H groups in total. The molecule has 1 aliphatic rings. The average molecular weight is 435 g/mol. The Labute approximate surface area is 167 Å². The molecule has 0 aromatic heterocycles. The first kappa shape index (κ1) is 22.9. The molecule has 2 rings (SSSR count). The van der Waals surface area contributed by atoms with Gasteiger partial charge in [-0.2, -0.15) is 17.5 Å². The molecule has 1 heterocycles. The van der Waals surface area contributed by atoms with Gasteiger partial charge in [0.2, 0.25) is 0 Å². The van der Waals surface area contributed by atoms with E-state index in [-0.39, 0.29) is 37.9 Å². The van der Waals surface area contributed by atoms with Crippen molar-refractivity contribution in [3.05, 3.63) is 35.9 Å². The zero-order valence-corrected chi connectivity index (χ0v) is 16.7. The van der Waals surface area contributed by atoms with Crippen molar-refractivity contribution in [2.24, 2.45) is 4.99 Å². The van der Waals surface area contributed by atoms with E-state index in [1.165, 1.54) is 0 Å². The van der Waals surface area contributed by atoms with Crippen LogP contribution in [0.2, 0.25) is 0 Å². The largest absolute Gasteiger partial charge is 0.511 e. The summed E-state index contributed by atoms with van der Waals surface area (Å²) in [6.45, 7) is 0.295. The summed E-state index contributed by atoms with van der Waals surface area (Å²) in [5.41, 5.74) is -4.73. The predicted molar refractivity (Wildman–Crippen MR) is 103 cm³/mol. The van der Waals surface area contributed by atoms with Gasteiger partial charge in [0.1, 0.15) is 0 Å². The van der Waals surface area contributed by atoms with Crippen LogP contribution in [0.1, 0.15) is 23.2 Å². The summed E-state index contributed by atoms with van der Waals surface area (Å²) >= 11 is 0. The third-order valence-corrected chi connectivity index (χ3v) is 6.02. The SMILES string of the molecule is CN=C(NCCNC(=O)c1ccccc1)NC1CCN(S(=O)(=O)C(F)(F)F)CC1. The van der Waals surface area contributed by atoms with Gasteiger partial charge in [-0.05, 0) is 25.0 Å². The Kier molecular flexibility index (Phi) is 7.85. The van der Waals surface area contributed by atoms with E-state index in [1.807, 2.05) is 6.07 Å². The molecule has 1 aliphatic heterocycles. The summed E-state index contributed by atoms with van der Waals surface area (Å²) in [5.74, 6) is 0.227. The maximum atomic E-state index is 12.6. The summed E-state index contributed by atoms with van der Waals surface area (Å²) in [5, 5.41) is 8.82. The molecule has 1 fully saturated rings. The third kappa shape index (κ3) is 6.32. The number of benzene rings is 1. The van der Waals surface area contributed by atoms with Gasteiger partial charge < -0.3 is 16.0 Å². The first-order valence-corrected chi connectivity index (χ1v) is 10.5. The molecule has 12 heteroatoms. The Morgan fingerprint density at radius 1 is 1.14 bits per heavy atom. The highest BCUT2D eigenvalue weighted by Crippen LogP contribution is 2.28. The molecular formula is C17H24F3N5O3S. The fourth-order valence-corrected chi connectivity index (χ4v) is 3.81. The zero-order valence-electron chi connectivity index (χ0n) is 15.9. The minimum absolute atomic E-state index is 0.200. The summed E-state index contributed by atoms with van der Waals surface area (Å²) in [7, 11) is -3.74. The Hall–Kier alpha value is -2.34. The van der Waals surface area contributed by atoms with Crippen molar-refractivity contribution in [1.82, 2.24) is 20.3 Å². The van der Waals surface area contributed by atoms with E-state index in [0.29, 0.717) is 28.9 Å². The van der Waals surface area contributed by atoms with E-state index < -0.39 is 15.5 Å². The Bertz CT molecular complexity index is 807. The van der Waals surface area contributed by atoms with Gasteiger partial charge in [-0.15, -0.1) is 0 Å². The maximum Gasteiger partial charge on any atom is 0.511 e. The quantitative estimate of drug-likeness (QED) is 0.350. The molecule has 0 bridgehead atoms. The number of sulfonamides is 1. The predicted octanol–water partition coefficient (Wildman–Crippen LogP) is 0.895. The van der Waals surface area contributed by atoms with Crippen molar-refractivity contribution in [3.8, 4) is 0 Å². The second-order valence-corrected chi connectivity index (χ2v) is 8.32. The van der Waals surface area contributed by atoms with Gasteiger partial charge >= 0.3 is 15.5 Å². The molecule has 0 aliphatic carbocycles. The number of amides is 1. The lowest BCUT2D eigenvalue weighted by molar-refractivity contribution is -0.0494. The third-order valence-electron chi connectivity index (χ3n) is 4.39. The van der Waals surface area contributed by atoms with Crippen molar-refractivity contribution in [3.63, 3.8) is 0 Å². The van der Waals surface area contributed by atoms with Crippen LogP contribution in [0.5, 0.6) is 0 Å².